The Balaban J connectivity index is 1.91. The summed E-state index contributed by atoms with van der Waals surface area (Å²) < 4.78 is 0. The smallest absolute Gasteiger partial charge is 0.158 e. The number of carbonyl (C=O) groups excluding carboxylic acids is 2. The maximum absolute atomic E-state index is 11.3. The first-order chi connectivity index (χ1) is 8.24. The molecule has 1 aliphatic rings. The highest BCUT2D eigenvalue weighted by Gasteiger charge is 2.13. The lowest BCUT2D eigenvalue weighted by atomic mass is 10.0. The molecule has 3 nitrogen and oxygen atoms in total. The molecule has 1 N–H and O–H groups in total. The molecule has 1 rings (SSSR count). The van der Waals surface area contributed by atoms with Crippen LogP contribution in [0, 0.1) is 0 Å². The van der Waals surface area contributed by atoms with E-state index in [-0.39, 0.29) is 12.4 Å². The quantitative estimate of drug-likeness (QED) is 0.628. The second-order valence-corrected chi connectivity index (χ2v) is 4.66. The molecular weight excluding hydrogens is 216 g/mol. The topological polar surface area (TPSA) is 54.4 Å². The first-order valence-electron chi connectivity index (χ1n) is 6.59. The van der Waals surface area contributed by atoms with Crippen LogP contribution in [0.15, 0.2) is 11.6 Å². The largest absolute Gasteiger partial charge is 0.389 e. The second-order valence-electron chi connectivity index (χ2n) is 4.66. The molecule has 0 saturated carbocycles. The van der Waals surface area contributed by atoms with E-state index in [4.69, 9.17) is 5.11 Å². The van der Waals surface area contributed by atoms with E-state index >= 15 is 0 Å². The number of ketones is 2. The van der Waals surface area contributed by atoms with E-state index in [0.29, 0.717) is 18.6 Å². The van der Waals surface area contributed by atoms with Crippen LogP contribution in [0.3, 0.4) is 0 Å². The van der Waals surface area contributed by atoms with Gasteiger partial charge in [-0.2, -0.15) is 0 Å². The molecule has 0 radical (unpaired) electrons. The SMILES string of the molecule is O=C(CO)CCCCCCCC1=CCCC1=O. The number of aliphatic hydroxyl groups is 1. The van der Waals surface area contributed by atoms with Crippen LogP contribution >= 0.6 is 0 Å². The Morgan fingerprint density at radius 1 is 1.18 bits per heavy atom. The number of aliphatic hydroxyl groups excluding tert-OH is 1. The molecule has 0 spiro atoms. The number of Topliss-reactive ketones (excluding diaryl/α,β-unsaturated/α-hetero) is 2. The van der Waals surface area contributed by atoms with Gasteiger partial charge in [0.05, 0.1) is 0 Å². The van der Waals surface area contributed by atoms with Gasteiger partial charge in [-0.05, 0) is 31.3 Å². The minimum Gasteiger partial charge on any atom is -0.389 e. The van der Waals surface area contributed by atoms with E-state index in [1.54, 1.807) is 0 Å². The number of rotatable bonds is 9. The third-order valence-corrected chi connectivity index (χ3v) is 3.20. The fourth-order valence-corrected chi connectivity index (χ4v) is 2.14. The van der Waals surface area contributed by atoms with E-state index in [9.17, 15) is 9.59 Å². The maximum atomic E-state index is 11.3. The van der Waals surface area contributed by atoms with Crippen molar-refractivity contribution in [2.24, 2.45) is 0 Å². The summed E-state index contributed by atoms with van der Waals surface area (Å²) in [4.78, 5) is 22.1. The zero-order valence-electron chi connectivity index (χ0n) is 10.4. The third-order valence-electron chi connectivity index (χ3n) is 3.20. The Morgan fingerprint density at radius 3 is 2.53 bits per heavy atom. The second kappa shape index (κ2) is 8.18. The molecule has 3 heteroatoms. The minimum absolute atomic E-state index is 0.0632. The van der Waals surface area contributed by atoms with Gasteiger partial charge in [0.15, 0.2) is 11.6 Å². The Hall–Kier alpha value is -0.960. The summed E-state index contributed by atoms with van der Waals surface area (Å²) >= 11 is 0. The number of hydrogen-bond acceptors (Lipinski definition) is 3. The molecule has 0 aromatic carbocycles. The molecule has 0 aromatic heterocycles. The highest BCUT2D eigenvalue weighted by atomic mass is 16.3. The molecule has 0 aliphatic heterocycles. The number of carbonyl (C=O) groups is 2. The predicted octanol–water partition coefficient (Wildman–Crippen LogP) is 2.57. The van der Waals surface area contributed by atoms with Crippen molar-refractivity contribution < 1.29 is 14.7 Å². The van der Waals surface area contributed by atoms with Crippen molar-refractivity contribution in [2.75, 3.05) is 6.61 Å². The van der Waals surface area contributed by atoms with Gasteiger partial charge < -0.3 is 5.11 Å². The van der Waals surface area contributed by atoms with Crippen LogP contribution in [-0.4, -0.2) is 23.3 Å². The highest BCUT2D eigenvalue weighted by molar-refractivity contribution is 5.97. The Kier molecular flexibility index (Phi) is 6.78. The summed E-state index contributed by atoms with van der Waals surface area (Å²) in [5, 5.41) is 8.53. The molecular formula is C14H22O3. The third kappa shape index (κ3) is 5.78. The van der Waals surface area contributed by atoms with Crippen LogP contribution in [0.2, 0.25) is 0 Å². The van der Waals surface area contributed by atoms with Crippen molar-refractivity contribution in [1.82, 2.24) is 0 Å². The van der Waals surface area contributed by atoms with Gasteiger partial charge in [0.25, 0.3) is 0 Å². The van der Waals surface area contributed by atoms with Gasteiger partial charge in [0.1, 0.15) is 6.61 Å². The average molecular weight is 238 g/mol. The molecule has 96 valence electrons. The van der Waals surface area contributed by atoms with Crippen molar-refractivity contribution in [3.05, 3.63) is 11.6 Å². The fraction of sp³-hybridized carbons (Fsp3) is 0.714. The lowest BCUT2D eigenvalue weighted by Gasteiger charge is -2.02. The Bertz CT molecular complexity index is 292. The van der Waals surface area contributed by atoms with E-state index < -0.39 is 0 Å². The first kappa shape index (κ1) is 14.1. The minimum atomic E-state index is -0.323. The number of hydrogen-bond donors (Lipinski definition) is 1. The van der Waals surface area contributed by atoms with E-state index in [1.807, 2.05) is 0 Å². The molecule has 0 saturated heterocycles. The summed E-state index contributed by atoms with van der Waals surface area (Å²) in [6, 6.07) is 0. The van der Waals surface area contributed by atoms with E-state index in [1.165, 1.54) is 0 Å². The highest BCUT2D eigenvalue weighted by Crippen LogP contribution is 2.20. The van der Waals surface area contributed by atoms with Gasteiger partial charge in [-0.3, -0.25) is 9.59 Å². The normalized spacial score (nSPS) is 15.1. The lowest BCUT2D eigenvalue weighted by molar-refractivity contribution is -0.121. The van der Waals surface area contributed by atoms with Crippen molar-refractivity contribution >= 4 is 11.6 Å². The zero-order valence-corrected chi connectivity index (χ0v) is 10.4. The molecule has 0 aromatic rings. The molecule has 0 bridgehead atoms. The van der Waals surface area contributed by atoms with Crippen molar-refractivity contribution in [3.8, 4) is 0 Å². The zero-order chi connectivity index (χ0) is 12.5. The molecule has 0 heterocycles. The predicted molar refractivity (Wildman–Crippen MR) is 66.7 cm³/mol. The van der Waals surface area contributed by atoms with E-state index in [0.717, 1.165) is 50.5 Å². The van der Waals surface area contributed by atoms with Crippen LogP contribution in [0.25, 0.3) is 0 Å². The van der Waals surface area contributed by atoms with Gasteiger partial charge in [-0.25, -0.2) is 0 Å². The molecule has 17 heavy (non-hydrogen) atoms. The summed E-state index contributed by atoms with van der Waals surface area (Å²) in [6.45, 7) is -0.323. The monoisotopic (exact) mass is 238 g/mol. The maximum Gasteiger partial charge on any atom is 0.158 e. The Labute approximate surface area is 103 Å². The van der Waals surface area contributed by atoms with Crippen molar-refractivity contribution in [2.45, 2.75) is 57.8 Å². The molecule has 1 aliphatic carbocycles. The van der Waals surface area contributed by atoms with Crippen LogP contribution in [-0.2, 0) is 9.59 Å². The number of allylic oxidation sites excluding steroid dienone is 2. The van der Waals surface area contributed by atoms with Gasteiger partial charge in [-0.15, -0.1) is 0 Å². The van der Waals surface area contributed by atoms with Gasteiger partial charge in [0, 0.05) is 12.8 Å². The van der Waals surface area contributed by atoms with E-state index in [2.05, 4.69) is 6.08 Å². The molecule has 0 unspecified atom stereocenters. The first-order valence-corrected chi connectivity index (χ1v) is 6.59. The summed E-state index contributed by atoms with van der Waals surface area (Å²) in [7, 11) is 0. The van der Waals surface area contributed by atoms with Crippen LogP contribution < -0.4 is 0 Å². The molecule has 0 amide bonds. The van der Waals surface area contributed by atoms with Gasteiger partial charge in [-0.1, -0.05) is 25.3 Å². The summed E-state index contributed by atoms with van der Waals surface area (Å²) in [5.74, 6) is 0.269. The van der Waals surface area contributed by atoms with Crippen LogP contribution in [0.1, 0.15) is 57.8 Å². The Morgan fingerprint density at radius 2 is 1.88 bits per heavy atom. The fourth-order valence-electron chi connectivity index (χ4n) is 2.14. The van der Waals surface area contributed by atoms with Gasteiger partial charge in [0.2, 0.25) is 0 Å². The average Bonchev–Trinajstić information content (AvgIpc) is 2.73. The molecule has 0 atom stereocenters. The standard InChI is InChI=1S/C14H22O3/c15-11-13(16)9-5-3-1-2-4-7-12-8-6-10-14(12)17/h8,15H,1-7,9-11H2. The number of unbranched alkanes of at least 4 members (excludes halogenated alkanes) is 4. The summed E-state index contributed by atoms with van der Waals surface area (Å²) in [5.41, 5.74) is 1.03. The van der Waals surface area contributed by atoms with Crippen LogP contribution in [0.5, 0.6) is 0 Å². The van der Waals surface area contributed by atoms with Crippen molar-refractivity contribution in [3.63, 3.8) is 0 Å². The van der Waals surface area contributed by atoms with Gasteiger partial charge >= 0.3 is 0 Å². The molecule has 0 fully saturated rings. The van der Waals surface area contributed by atoms with Crippen molar-refractivity contribution in [1.29, 1.82) is 0 Å². The summed E-state index contributed by atoms with van der Waals surface area (Å²) in [6.07, 6.45) is 10.4. The lowest BCUT2D eigenvalue weighted by Crippen LogP contribution is -2.02. The van der Waals surface area contributed by atoms with Crippen LogP contribution in [0.4, 0.5) is 0 Å².